The third-order valence-corrected chi connectivity index (χ3v) is 3.13. The lowest BCUT2D eigenvalue weighted by Crippen LogP contribution is -2.42. The Hall–Kier alpha value is -2.63. The fourth-order valence-electron chi connectivity index (χ4n) is 1.94. The Morgan fingerprint density at radius 3 is 2.61 bits per heavy atom. The maximum absolute atomic E-state index is 14.3. The van der Waals surface area contributed by atoms with Crippen LogP contribution in [0.3, 0.4) is 0 Å². The lowest BCUT2D eigenvalue weighted by atomic mass is 10.0. The molecular weight excluding hydrogens is 392 g/mol. The number of amides is 1. The minimum Gasteiger partial charge on any atom is -0.333 e. The van der Waals surface area contributed by atoms with E-state index in [9.17, 15) is 31.1 Å². The molecule has 12 heteroatoms. The molecule has 0 saturated carbocycles. The number of hydrogen-bond donors (Lipinski definition) is 1. The lowest BCUT2D eigenvalue weighted by molar-refractivity contribution is -0.148. The average Bonchev–Trinajstić information content (AvgIpc) is 3.22. The van der Waals surface area contributed by atoms with Crippen molar-refractivity contribution in [3.8, 4) is 0 Å². The SMILES string of the molecule is [2H]C1([2H])c2nnc(C(F)(F)F)n2C([2H])([2H])C([2H])([2H])N1C(=O)C([2H])([2H])[C@]([2H])(N)C([2H])([2H])c1cc(F)c(F)cc1F. The van der Waals surface area contributed by atoms with E-state index >= 15 is 0 Å². The second-order valence-corrected chi connectivity index (χ2v) is 5.07. The molecule has 1 aliphatic heterocycles. The predicted molar refractivity (Wildman–Crippen MR) is 83.1 cm³/mol. The van der Waals surface area contributed by atoms with Crippen molar-refractivity contribution in [2.75, 3.05) is 6.50 Å². The Labute approximate surface area is 170 Å². The lowest BCUT2D eigenvalue weighted by Gasteiger charge is -2.29. The van der Waals surface area contributed by atoms with Gasteiger partial charge in [0.15, 0.2) is 17.5 Å². The van der Waals surface area contributed by atoms with Gasteiger partial charge < -0.3 is 15.2 Å². The van der Waals surface area contributed by atoms with Crippen LogP contribution < -0.4 is 5.73 Å². The second-order valence-electron chi connectivity index (χ2n) is 5.07. The highest BCUT2D eigenvalue weighted by molar-refractivity contribution is 5.76. The van der Waals surface area contributed by atoms with Crippen molar-refractivity contribution in [2.24, 2.45) is 5.73 Å². The highest BCUT2D eigenvalue weighted by atomic mass is 19.4. The minimum atomic E-state index is -5.51. The molecule has 0 spiro atoms. The van der Waals surface area contributed by atoms with Crippen LogP contribution in [-0.4, -0.2) is 38.1 Å². The van der Waals surface area contributed by atoms with Crippen LogP contribution in [0.1, 0.15) is 38.7 Å². The molecule has 0 bridgehead atoms. The number of carbonyl (C=O) groups excluding carboxylic acids is 1. The summed E-state index contributed by atoms with van der Waals surface area (Å²) < 4.78 is 169. The molecule has 2 N–H and O–H groups in total. The van der Waals surface area contributed by atoms with E-state index in [4.69, 9.17) is 20.8 Å². The zero-order valence-electron chi connectivity index (χ0n) is 24.2. The number of nitrogens with zero attached hydrogens (tertiary/aromatic N) is 4. The summed E-state index contributed by atoms with van der Waals surface area (Å²) in [5.41, 5.74) is 3.86. The molecule has 3 rings (SSSR count). The Bertz CT molecular complexity index is 1350. The first-order valence-corrected chi connectivity index (χ1v) is 7.02. The summed E-state index contributed by atoms with van der Waals surface area (Å²) in [4.78, 5) is 12.4. The average molecular weight is 418 g/mol. The fraction of sp³-hybridized carbons (Fsp3) is 0.438. The van der Waals surface area contributed by atoms with Gasteiger partial charge in [-0.1, -0.05) is 0 Å². The van der Waals surface area contributed by atoms with E-state index in [-0.39, 0.29) is 12.1 Å². The number of hydrogen-bond acceptors (Lipinski definition) is 4. The highest BCUT2D eigenvalue weighted by Gasteiger charge is 2.39. The third-order valence-electron chi connectivity index (χ3n) is 3.13. The van der Waals surface area contributed by atoms with Gasteiger partial charge in [-0.15, -0.1) is 10.2 Å². The van der Waals surface area contributed by atoms with Crippen molar-refractivity contribution in [3.63, 3.8) is 0 Å². The molecule has 0 aliphatic carbocycles. The first kappa shape index (κ1) is 10.2. The van der Waals surface area contributed by atoms with Crippen molar-refractivity contribution in [1.29, 1.82) is 0 Å². The zero-order chi connectivity index (χ0) is 30.5. The quantitative estimate of drug-likeness (QED) is 0.609. The molecule has 0 fully saturated rings. The predicted octanol–water partition coefficient (Wildman–Crippen LogP) is 2.02. The van der Waals surface area contributed by atoms with Crippen LogP contribution in [0.4, 0.5) is 26.3 Å². The van der Waals surface area contributed by atoms with Gasteiger partial charge in [0.2, 0.25) is 11.7 Å². The van der Waals surface area contributed by atoms with Crippen molar-refractivity contribution < 1.29 is 46.2 Å². The molecule has 2 heterocycles. The standard InChI is InChI=1S/C16H15F6N5O/c17-10-6-12(19)11(18)4-8(10)3-9(23)5-14(28)26-1-2-27-13(7-26)24-25-15(27)16(20,21)22/h4,6,9H,1-3,5,7,23H2/t9-/m1/s1/i1D2,2D2,3D2,5D2,7D2,9D. The molecular formula is C16H15F6N5O. The van der Waals surface area contributed by atoms with E-state index in [1.165, 1.54) is 0 Å². The monoisotopic (exact) mass is 418 g/mol. The highest BCUT2D eigenvalue weighted by Crippen LogP contribution is 2.29. The van der Waals surface area contributed by atoms with Gasteiger partial charge in [0, 0.05) is 38.3 Å². The normalized spacial score (nSPS) is 28.8. The second kappa shape index (κ2) is 7.41. The number of alkyl halides is 3. The van der Waals surface area contributed by atoms with E-state index in [0.29, 0.717) is 0 Å². The summed E-state index contributed by atoms with van der Waals surface area (Å²) in [5.74, 6) is -12.1. The summed E-state index contributed by atoms with van der Waals surface area (Å²) in [7, 11) is 0. The minimum absolute atomic E-state index is 0.138. The number of fused-ring (bicyclic) bond motifs is 1. The van der Waals surface area contributed by atoms with E-state index < -0.39 is 94.5 Å². The molecule has 2 aromatic rings. The maximum Gasteiger partial charge on any atom is 0.451 e. The Balaban J connectivity index is 2.24. The molecule has 1 atom stereocenters. The number of nitrogens with two attached hydrogens (primary N) is 1. The molecule has 1 amide bonds. The third kappa shape index (κ3) is 4.11. The number of halogens is 6. The van der Waals surface area contributed by atoms with Gasteiger partial charge in [0.1, 0.15) is 5.82 Å². The van der Waals surface area contributed by atoms with Gasteiger partial charge >= 0.3 is 6.18 Å². The van der Waals surface area contributed by atoms with Crippen molar-refractivity contribution in [1.82, 2.24) is 19.7 Å². The largest absolute Gasteiger partial charge is 0.451 e. The molecule has 152 valence electrons. The molecule has 0 unspecified atom stereocenters. The van der Waals surface area contributed by atoms with Crippen LogP contribution in [0.25, 0.3) is 0 Å². The van der Waals surface area contributed by atoms with Gasteiger partial charge in [-0.2, -0.15) is 13.2 Å². The van der Waals surface area contributed by atoms with E-state index in [1.54, 1.807) is 0 Å². The molecule has 1 aromatic carbocycles. The molecule has 1 aromatic heterocycles. The van der Waals surface area contributed by atoms with Crippen LogP contribution in [0.2, 0.25) is 0 Å². The van der Waals surface area contributed by atoms with Gasteiger partial charge in [-0.05, 0) is 18.0 Å². The summed E-state index contributed by atoms with van der Waals surface area (Å²) in [6.07, 6.45) is -13.9. The molecule has 0 radical (unpaired) electrons. The van der Waals surface area contributed by atoms with Crippen LogP contribution in [0.15, 0.2) is 12.1 Å². The Kier molecular flexibility index (Phi) is 2.71. The number of carbonyl (C=O) groups is 1. The van der Waals surface area contributed by atoms with Gasteiger partial charge in [-0.25, -0.2) is 13.2 Å². The van der Waals surface area contributed by atoms with Crippen LogP contribution >= 0.6 is 0 Å². The molecule has 28 heavy (non-hydrogen) atoms. The smallest absolute Gasteiger partial charge is 0.333 e. The van der Waals surface area contributed by atoms with E-state index in [1.807, 2.05) is 0 Å². The zero-order valence-corrected chi connectivity index (χ0v) is 13.2. The Morgan fingerprint density at radius 2 is 1.93 bits per heavy atom. The topological polar surface area (TPSA) is 77.0 Å². The number of aromatic nitrogens is 3. The van der Waals surface area contributed by atoms with Gasteiger partial charge in [-0.3, -0.25) is 4.79 Å². The van der Waals surface area contributed by atoms with Crippen molar-refractivity contribution in [3.05, 3.63) is 46.8 Å². The van der Waals surface area contributed by atoms with E-state index in [0.717, 1.165) is 0 Å². The molecule has 1 aliphatic rings. The first-order valence-electron chi connectivity index (χ1n) is 12.5. The Morgan fingerprint density at radius 1 is 1.25 bits per heavy atom. The van der Waals surface area contributed by atoms with Gasteiger partial charge in [0.05, 0.1) is 14.7 Å². The molecule has 0 saturated heterocycles. The van der Waals surface area contributed by atoms with Crippen molar-refractivity contribution in [2.45, 2.75) is 37.9 Å². The fourth-order valence-corrected chi connectivity index (χ4v) is 1.94. The van der Waals surface area contributed by atoms with Crippen molar-refractivity contribution >= 4 is 5.91 Å². The summed E-state index contributed by atoms with van der Waals surface area (Å²) in [5, 5.41) is 5.47. The van der Waals surface area contributed by atoms with Crippen LogP contribution in [0.5, 0.6) is 0 Å². The number of benzene rings is 1. The first-order chi connectivity index (χ1) is 17.2. The molecule has 6 nitrogen and oxygen atoms in total. The summed E-state index contributed by atoms with van der Waals surface area (Å²) in [6, 6.07) is -4.46. The van der Waals surface area contributed by atoms with Crippen LogP contribution in [-0.2, 0) is 30.3 Å². The van der Waals surface area contributed by atoms with Gasteiger partial charge in [0.25, 0.3) is 0 Å². The van der Waals surface area contributed by atoms with E-state index in [2.05, 4.69) is 10.2 Å². The van der Waals surface area contributed by atoms with Crippen LogP contribution in [0, 0.1) is 17.5 Å². The summed E-state index contributed by atoms with van der Waals surface area (Å²) in [6.45, 7) is -12.3. The summed E-state index contributed by atoms with van der Waals surface area (Å²) >= 11 is 0. The maximum atomic E-state index is 14.3. The number of rotatable bonds is 4.